The number of benzene rings is 1. The average Bonchev–Trinajstić information content (AvgIpc) is 2.37. The van der Waals surface area contributed by atoms with Crippen molar-refractivity contribution in [1.82, 2.24) is 0 Å². The standard InChI is InChI=1S/C13H17N3O/c1-3-16(13-7-5-4-6-8-13)15-12(9-10-14)11-17-2/h4-8H,3,9,11H2,1-2H3. The van der Waals surface area contributed by atoms with Crippen LogP contribution in [0.2, 0.25) is 0 Å². The second-order valence-electron chi connectivity index (χ2n) is 3.49. The normalized spacial score (nSPS) is 11.0. The minimum absolute atomic E-state index is 0.289. The number of nitrogens with zero attached hydrogens (tertiary/aromatic N) is 3. The molecule has 0 saturated carbocycles. The third kappa shape index (κ3) is 4.25. The van der Waals surface area contributed by atoms with Crippen LogP contribution in [0.4, 0.5) is 5.69 Å². The summed E-state index contributed by atoms with van der Waals surface area (Å²) in [6, 6.07) is 12.0. The summed E-state index contributed by atoms with van der Waals surface area (Å²) in [4.78, 5) is 0. The van der Waals surface area contributed by atoms with E-state index in [4.69, 9.17) is 10.00 Å². The zero-order valence-corrected chi connectivity index (χ0v) is 10.3. The van der Waals surface area contributed by atoms with Crippen molar-refractivity contribution < 1.29 is 4.74 Å². The van der Waals surface area contributed by atoms with Gasteiger partial charge in [0.15, 0.2) is 0 Å². The van der Waals surface area contributed by atoms with E-state index >= 15 is 0 Å². The van der Waals surface area contributed by atoms with Crippen LogP contribution in [0.3, 0.4) is 0 Å². The van der Waals surface area contributed by atoms with Crippen molar-refractivity contribution in [3.8, 4) is 6.07 Å². The van der Waals surface area contributed by atoms with Gasteiger partial charge in [0, 0.05) is 13.7 Å². The molecule has 0 spiro atoms. The van der Waals surface area contributed by atoms with Gasteiger partial charge in [0.2, 0.25) is 0 Å². The van der Waals surface area contributed by atoms with Crippen molar-refractivity contribution in [2.24, 2.45) is 5.10 Å². The lowest BCUT2D eigenvalue weighted by molar-refractivity contribution is 0.244. The zero-order chi connectivity index (χ0) is 12.5. The average molecular weight is 231 g/mol. The minimum Gasteiger partial charge on any atom is -0.379 e. The Hall–Kier alpha value is -1.86. The molecule has 0 saturated heterocycles. The molecular formula is C13H17N3O. The number of ether oxygens (including phenoxy) is 1. The number of hydrazone groups is 1. The van der Waals surface area contributed by atoms with Gasteiger partial charge in [-0.1, -0.05) is 18.2 Å². The largest absolute Gasteiger partial charge is 0.379 e. The Morgan fingerprint density at radius 1 is 1.41 bits per heavy atom. The predicted molar refractivity (Wildman–Crippen MR) is 69.0 cm³/mol. The first-order valence-corrected chi connectivity index (χ1v) is 5.56. The van der Waals surface area contributed by atoms with E-state index in [9.17, 15) is 0 Å². The first-order valence-electron chi connectivity index (χ1n) is 5.56. The minimum atomic E-state index is 0.289. The van der Waals surface area contributed by atoms with Gasteiger partial charge in [0.1, 0.15) is 0 Å². The van der Waals surface area contributed by atoms with Crippen LogP contribution >= 0.6 is 0 Å². The van der Waals surface area contributed by atoms with E-state index in [0.717, 1.165) is 17.9 Å². The number of nitriles is 1. The molecule has 0 fully saturated rings. The maximum atomic E-state index is 8.71. The first-order chi connectivity index (χ1) is 8.31. The van der Waals surface area contributed by atoms with Crippen LogP contribution < -0.4 is 5.01 Å². The van der Waals surface area contributed by atoms with Gasteiger partial charge in [-0.3, -0.25) is 5.01 Å². The molecule has 0 aliphatic carbocycles. The third-order valence-electron chi connectivity index (χ3n) is 2.21. The molecule has 0 aliphatic heterocycles. The van der Waals surface area contributed by atoms with Gasteiger partial charge >= 0.3 is 0 Å². The number of hydrogen-bond acceptors (Lipinski definition) is 4. The Labute approximate surface area is 102 Å². The number of anilines is 1. The summed E-state index contributed by atoms with van der Waals surface area (Å²) in [7, 11) is 1.60. The highest BCUT2D eigenvalue weighted by molar-refractivity contribution is 5.88. The fourth-order valence-corrected chi connectivity index (χ4v) is 1.45. The van der Waals surface area contributed by atoms with Crippen LogP contribution in [0.15, 0.2) is 35.4 Å². The van der Waals surface area contributed by atoms with Gasteiger partial charge in [-0.25, -0.2) is 0 Å². The maximum Gasteiger partial charge on any atom is 0.0873 e. The van der Waals surface area contributed by atoms with Crippen LogP contribution in [0, 0.1) is 11.3 Å². The molecule has 0 atom stereocenters. The fourth-order valence-electron chi connectivity index (χ4n) is 1.45. The summed E-state index contributed by atoms with van der Waals surface area (Å²) in [6.45, 7) is 3.16. The van der Waals surface area contributed by atoms with E-state index in [1.165, 1.54) is 0 Å². The van der Waals surface area contributed by atoms with Gasteiger partial charge in [-0.2, -0.15) is 10.4 Å². The quantitative estimate of drug-likeness (QED) is 0.558. The molecule has 1 rings (SSSR count). The highest BCUT2D eigenvalue weighted by Gasteiger charge is 2.04. The second-order valence-corrected chi connectivity index (χ2v) is 3.49. The molecule has 17 heavy (non-hydrogen) atoms. The Morgan fingerprint density at radius 2 is 2.12 bits per heavy atom. The fraction of sp³-hybridized carbons (Fsp3) is 0.385. The molecule has 90 valence electrons. The summed E-state index contributed by atoms with van der Waals surface area (Å²) >= 11 is 0. The smallest absolute Gasteiger partial charge is 0.0873 e. The SMILES string of the molecule is CCN(N=C(CC#N)COC)c1ccccc1. The van der Waals surface area contributed by atoms with Crippen LogP contribution in [0.1, 0.15) is 13.3 Å². The van der Waals surface area contributed by atoms with E-state index in [0.29, 0.717) is 6.61 Å². The topological polar surface area (TPSA) is 48.6 Å². The van der Waals surface area contributed by atoms with Crippen molar-refractivity contribution in [2.45, 2.75) is 13.3 Å². The molecule has 4 heteroatoms. The Kier molecular flexibility index (Phi) is 5.76. The highest BCUT2D eigenvalue weighted by Crippen LogP contribution is 2.13. The van der Waals surface area contributed by atoms with Gasteiger partial charge in [-0.15, -0.1) is 0 Å². The second kappa shape index (κ2) is 7.42. The molecule has 0 amide bonds. The van der Waals surface area contributed by atoms with Crippen molar-refractivity contribution in [3.05, 3.63) is 30.3 Å². The molecule has 0 heterocycles. The van der Waals surface area contributed by atoms with Crippen LogP contribution in [-0.4, -0.2) is 26.0 Å². The third-order valence-corrected chi connectivity index (χ3v) is 2.21. The van der Waals surface area contributed by atoms with Gasteiger partial charge in [-0.05, 0) is 19.1 Å². The summed E-state index contributed by atoms with van der Waals surface area (Å²) in [5.74, 6) is 0. The van der Waals surface area contributed by atoms with E-state index in [2.05, 4.69) is 11.2 Å². The highest BCUT2D eigenvalue weighted by atomic mass is 16.5. The van der Waals surface area contributed by atoms with E-state index < -0.39 is 0 Å². The van der Waals surface area contributed by atoms with Crippen LogP contribution in [0.5, 0.6) is 0 Å². The molecule has 0 unspecified atom stereocenters. The molecule has 0 bridgehead atoms. The lowest BCUT2D eigenvalue weighted by Gasteiger charge is -2.18. The van der Waals surface area contributed by atoms with Crippen molar-refractivity contribution in [3.63, 3.8) is 0 Å². The van der Waals surface area contributed by atoms with Gasteiger partial charge in [0.05, 0.1) is 30.5 Å². The summed E-state index contributed by atoms with van der Waals surface area (Å²) in [5.41, 5.74) is 1.75. The Morgan fingerprint density at radius 3 is 2.65 bits per heavy atom. The van der Waals surface area contributed by atoms with Crippen LogP contribution in [0.25, 0.3) is 0 Å². The maximum absolute atomic E-state index is 8.71. The summed E-state index contributed by atoms with van der Waals surface area (Å²) < 4.78 is 5.03. The van der Waals surface area contributed by atoms with Crippen molar-refractivity contribution >= 4 is 11.4 Å². The summed E-state index contributed by atoms with van der Waals surface area (Å²) in [6.07, 6.45) is 0.289. The Balaban J connectivity index is 2.87. The lowest BCUT2D eigenvalue weighted by atomic mass is 10.3. The van der Waals surface area contributed by atoms with Gasteiger partial charge in [0.25, 0.3) is 0 Å². The monoisotopic (exact) mass is 231 g/mol. The molecular weight excluding hydrogens is 214 g/mol. The zero-order valence-electron chi connectivity index (χ0n) is 10.3. The number of hydrogen-bond donors (Lipinski definition) is 0. The Bertz CT molecular complexity index is 395. The molecule has 1 aromatic carbocycles. The number of rotatable bonds is 6. The number of methoxy groups -OCH3 is 1. The van der Waals surface area contributed by atoms with Crippen molar-refractivity contribution in [1.29, 1.82) is 5.26 Å². The van der Waals surface area contributed by atoms with E-state index in [1.54, 1.807) is 7.11 Å². The molecule has 0 N–H and O–H groups in total. The molecule has 4 nitrogen and oxygen atoms in total. The molecule has 1 aromatic rings. The summed E-state index contributed by atoms with van der Waals surface area (Å²) in [5, 5.41) is 15.0. The first kappa shape index (κ1) is 13.2. The van der Waals surface area contributed by atoms with Crippen LogP contribution in [-0.2, 0) is 4.74 Å². The molecule has 0 aliphatic rings. The lowest BCUT2D eigenvalue weighted by Crippen LogP contribution is -2.20. The van der Waals surface area contributed by atoms with E-state index in [-0.39, 0.29) is 6.42 Å². The van der Waals surface area contributed by atoms with Crippen molar-refractivity contribution in [2.75, 3.05) is 25.3 Å². The predicted octanol–water partition coefficient (Wildman–Crippen LogP) is 2.43. The molecule has 0 aromatic heterocycles. The molecule has 0 radical (unpaired) electrons. The van der Waals surface area contributed by atoms with E-state index in [1.807, 2.05) is 42.3 Å². The van der Waals surface area contributed by atoms with Gasteiger partial charge < -0.3 is 4.74 Å². The number of para-hydroxylation sites is 1.